The monoisotopic (exact) mass is 278 g/mol. The number of hydrogen-bond donors (Lipinski definition) is 3. The SMILES string of the molecule is CCC(NC(=O)CC1CS(=O)(=O)CCN1)C(=O)O. The number of aliphatic carboxylic acids is 1. The fourth-order valence-corrected chi connectivity index (χ4v) is 3.26. The van der Waals surface area contributed by atoms with Crippen LogP contribution in [-0.2, 0) is 19.4 Å². The van der Waals surface area contributed by atoms with Crippen LogP contribution in [0, 0.1) is 0 Å². The summed E-state index contributed by atoms with van der Waals surface area (Å²) >= 11 is 0. The van der Waals surface area contributed by atoms with Crippen LogP contribution in [-0.4, -0.2) is 55.5 Å². The summed E-state index contributed by atoms with van der Waals surface area (Å²) in [6, 6.07) is -1.35. The zero-order valence-corrected chi connectivity index (χ0v) is 11.0. The van der Waals surface area contributed by atoms with Gasteiger partial charge in [0.25, 0.3) is 0 Å². The van der Waals surface area contributed by atoms with Crippen molar-refractivity contribution in [3.63, 3.8) is 0 Å². The smallest absolute Gasteiger partial charge is 0.326 e. The van der Waals surface area contributed by atoms with Crippen molar-refractivity contribution in [3.8, 4) is 0 Å². The molecule has 0 aromatic rings. The first kappa shape index (κ1) is 14.9. The van der Waals surface area contributed by atoms with Gasteiger partial charge < -0.3 is 15.7 Å². The normalized spacial score (nSPS) is 24.2. The largest absolute Gasteiger partial charge is 0.480 e. The average Bonchev–Trinajstić information content (AvgIpc) is 2.23. The van der Waals surface area contributed by atoms with Crippen LogP contribution < -0.4 is 10.6 Å². The minimum absolute atomic E-state index is 0.0248. The van der Waals surface area contributed by atoms with Crippen LogP contribution in [0.25, 0.3) is 0 Å². The molecule has 1 aliphatic heterocycles. The molecular formula is C10H18N2O5S. The molecule has 0 aromatic heterocycles. The number of amides is 1. The third kappa shape index (κ3) is 4.61. The van der Waals surface area contributed by atoms with Crippen molar-refractivity contribution in [2.45, 2.75) is 31.8 Å². The van der Waals surface area contributed by atoms with E-state index in [1.54, 1.807) is 6.92 Å². The predicted octanol–water partition coefficient (Wildman–Crippen LogP) is -1.26. The summed E-state index contributed by atoms with van der Waals surface area (Å²) in [4.78, 5) is 22.3. The van der Waals surface area contributed by atoms with Crippen molar-refractivity contribution in [1.29, 1.82) is 0 Å². The third-order valence-electron chi connectivity index (χ3n) is 2.77. The summed E-state index contributed by atoms with van der Waals surface area (Å²) in [6.45, 7) is 1.98. The number of carbonyl (C=O) groups excluding carboxylic acids is 1. The molecule has 0 radical (unpaired) electrons. The van der Waals surface area contributed by atoms with Crippen molar-refractivity contribution in [2.24, 2.45) is 0 Å². The van der Waals surface area contributed by atoms with Gasteiger partial charge in [-0.3, -0.25) is 4.79 Å². The molecule has 7 nitrogen and oxygen atoms in total. The minimum atomic E-state index is -3.09. The number of carbonyl (C=O) groups is 2. The third-order valence-corrected chi connectivity index (χ3v) is 4.51. The topological polar surface area (TPSA) is 113 Å². The van der Waals surface area contributed by atoms with E-state index < -0.39 is 33.8 Å². The Balaban J connectivity index is 2.47. The van der Waals surface area contributed by atoms with E-state index in [1.807, 2.05) is 0 Å². The summed E-state index contributed by atoms with van der Waals surface area (Å²) in [7, 11) is -3.09. The Bertz CT molecular complexity index is 420. The Morgan fingerprint density at radius 3 is 2.67 bits per heavy atom. The molecule has 0 aliphatic carbocycles. The average molecular weight is 278 g/mol. The van der Waals surface area contributed by atoms with Gasteiger partial charge in [-0.15, -0.1) is 0 Å². The molecule has 1 amide bonds. The second kappa shape index (κ2) is 6.14. The van der Waals surface area contributed by atoms with Crippen LogP contribution in [0.5, 0.6) is 0 Å². The zero-order chi connectivity index (χ0) is 13.8. The van der Waals surface area contributed by atoms with Crippen LogP contribution in [0.4, 0.5) is 0 Å². The quantitative estimate of drug-likeness (QED) is 0.579. The van der Waals surface area contributed by atoms with Crippen molar-refractivity contribution in [3.05, 3.63) is 0 Å². The van der Waals surface area contributed by atoms with Gasteiger partial charge in [-0.25, -0.2) is 13.2 Å². The Morgan fingerprint density at radius 2 is 2.17 bits per heavy atom. The van der Waals surface area contributed by atoms with Gasteiger partial charge in [0.1, 0.15) is 6.04 Å². The number of hydrogen-bond acceptors (Lipinski definition) is 5. The number of sulfone groups is 1. The minimum Gasteiger partial charge on any atom is -0.480 e. The lowest BCUT2D eigenvalue weighted by atomic mass is 10.2. The molecule has 3 N–H and O–H groups in total. The molecule has 1 fully saturated rings. The first-order valence-corrected chi connectivity index (χ1v) is 7.62. The molecular weight excluding hydrogens is 260 g/mol. The molecule has 1 heterocycles. The van der Waals surface area contributed by atoms with Crippen molar-refractivity contribution in [2.75, 3.05) is 18.1 Å². The Hall–Kier alpha value is -1.15. The van der Waals surface area contributed by atoms with E-state index in [4.69, 9.17) is 5.11 Å². The highest BCUT2D eigenvalue weighted by Crippen LogP contribution is 2.05. The number of rotatable bonds is 5. The van der Waals surface area contributed by atoms with Crippen LogP contribution in [0.1, 0.15) is 19.8 Å². The first-order valence-electron chi connectivity index (χ1n) is 5.80. The maximum absolute atomic E-state index is 11.6. The second-order valence-electron chi connectivity index (χ2n) is 4.34. The van der Waals surface area contributed by atoms with Crippen LogP contribution in [0.3, 0.4) is 0 Å². The Kier molecular flexibility index (Phi) is 5.09. The molecule has 0 saturated carbocycles. The maximum atomic E-state index is 11.6. The summed E-state index contributed by atoms with van der Waals surface area (Å²) in [5.41, 5.74) is 0. The highest BCUT2D eigenvalue weighted by atomic mass is 32.2. The summed E-state index contributed by atoms with van der Waals surface area (Å²) in [5.74, 6) is -1.53. The van der Waals surface area contributed by atoms with Gasteiger partial charge in [0.05, 0.1) is 11.5 Å². The number of carboxylic acid groups (broad SMARTS) is 1. The molecule has 8 heteroatoms. The summed E-state index contributed by atoms with van der Waals surface area (Å²) < 4.78 is 22.7. The number of nitrogens with one attached hydrogen (secondary N) is 2. The standard InChI is InChI=1S/C10H18N2O5S/c1-2-8(10(14)15)12-9(13)5-7-6-18(16,17)4-3-11-7/h7-8,11H,2-6H2,1H3,(H,12,13)(H,14,15). The van der Waals surface area contributed by atoms with Crippen LogP contribution in [0.15, 0.2) is 0 Å². The highest BCUT2D eigenvalue weighted by molar-refractivity contribution is 7.91. The van der Waals surface area contributed by atoms with E-state index in [0.717, 1.165) is 0 Å². The van der Waals surface area contributed by atoms with Crippen LogP contribution >= 0.6 is 0 Å². The van der Waals surface area contributed by atoms with Crippen molar-refractivity contribution >= 4 is 21.7 Å². The van der Waals surface area contributed by atoms with Gasteiger partial charge in [-0.05, 0) is 6.42 Å². The molecule has 2 atom stereocenters. The molecule has 1 saturated heterocycles. The zero-order valence-electron chi connectivity index (χ0n) is 10.2. The van der Waals surface area contributed by atoms with Gasteiger partial charge >= 0.3 is 5.97 Å². The first-order chi connectivity index (χ1) is 8.34. The lowest BCUT2D eigenvalue weighted by molar-refractivity contribution is -0.142. The molecule has 0 spiro atoms. The van der Waals surface area contributed by atoms with Gasteiger partial charge in [0.15, 0.2) is 9.84 Å². The molecule has 1 aliphatic rings. The van der Waals surface area contributed by atoms with Gasteiger partial charge in [-0.2, -0.15) is 0 Å². The van der Waals surface area contributed by atoms with Gasteiger partial charge in [-0.1, -0.05) is 6.92 Å². The van der Waals surface area contributed by atoms with E-state index in [9.17, 15) is 18.0 Å². The van der Waals surface area contributed by atoms with Crippen LogP contribution in [0.2, 0.25) is 0 Å². The molecule has 0 aromatic carbocycles. The van der Waals surface area contributed by atoms with Crippen molar-refractivity contribution < 1.29 is 23.1 Å². The molecule has 1 rings (SSSR count). The molecule has 2 unspecified atom stereocenters. The summed E-state index contributed by atoms with van der Waals surface area (Å²) in [5, 5.41) is 14.1. The fourth-order valence-electron chi connectivity index (χ4n) is 1.81. The van der Waals surface area contributed by atoms with Gasteiger partial charge in [0, 0.05) is 19.0 Å². The number of carboxylic acids is 1. The highest BCUT2D eigenvalue weighted by Gasteiger charge is 2.27. The second-order valence-corrected chi connectivity index (χ2v) is 6.56. The van der Waals surface area contributed by atoms with E-state index >= 15 is 0 Å². The Morgan fingerprint density at radius 1 is 1.50 bits per heavy atom. The predicted molar refractivity (Wildman–Crippen MR) is 64.9 cm³/mol. The van der Waals surface area contributed by atoms with E-state index in [-0.39, 0.29) is 24.3 Å². The van der Waals surface area contributed by atoms with E-state index in [2.05, 4.69) is 10.6 Å². The Labute approximate surface area is 106 Å². The fraction of sp³-hybridized carbons (Fsp3) is 0.800. The molecule has 18 heavy (non-hydrogen) atoms. The van der Waals surface area contributed by atoms with Crippen molar-refractivity contribution in [1.82, 2.24) is 10.6 Å². The lowest BCUT2D eigenvalue weighted by Gasteiger charge is -2.23. The molecule has 0 bridgehead atoms. The van der Waals surface area contributed by atoms with Gasteiger partial charge in [0.2, 0.25) is 5.91 Å². The van der Waals surface area contributed by atoms with E-state index in [0.29, 0.717) is 6.54 Å². The lowest BCUT2D eigenvalue weighted by Crippen LogP contribution is -2.49. The van der Waals surface area contributed by atoms with E-state index in [1.165, 1.54) is 0 Å². The maximum Gasteiger partial charge on any atom is 0.326 e. The molecule has 104 valence electrons. The summed E-state index contributed by atoms with van der Waals surface area (Å²) in [6.07, 6.45) is 0.264.